The molecule has 66 valence electrons. The van der Waals surface area contributed by atoms with Gasteiger partial charge in [-0.15, -0.1) is 11.3 Å². The van der Waals surface area contributed by atoms with E-state index < -0.39 is 0 Å². The first-order valence-electron chi connectivity index (χ1n) is 3.85. The molecule has 3 heteroatoms. The number of thiophene rings is 1. The third kappa shape index (κ3) is 1.32. The van der Waals surface area contributed by atoms with Crippen molar-refractivity contribution in [2.45, 2.75) is 6.92 Å². The molecule has 1 nitrogen and oxygen atoms in total. The van der Waals surface area contributed by atoms with E-state index in [1.165, 1.54) is 0 Å². The van der Waals surface area contributed by atoms with E-state index in [1.54, 1.807) is 11.3 Å². The summed E-state index contributed by atoms with van der Waals surface area (Å²) in [5, 5.41) is 2.93. The van der Waals surface area contributed by atoms with E-state index >= 15 is 0 Å². The molecule has 1 aromatic carbocycles. The SMILES string of the molecule is Cc1ccc2scc(C=O)c2c1Br. The number of hydrogen-bond donors (Lipinski definition) is 0. The molecule has 0 saturated heterocycles. The van der Waals surface area contributed by atoms with Crippen LogP contribution in [0.1, 0.15) is 15.9 Å². The standard InChI is InChI=1S/C10H7BrOS/c1-6-2-3-8-9(10(6)11)7(4-12)5-13-8/h2-5H,1H3. The maximum Gasteiger partial charge on any atom is 0.151 e. The summed E-state index contributed by atoms with van der Waals surface area (Å²) in [6.45, 7) is 2.02. The topological polar surface area (TPSA) is 17.1 Å². The molecule has 0 radical (unpaired) electrons. The van der Waals surface area contributed by atoms with E-state index in [4.69, 9.17) is 0 Å². The predicted molar refractivity (Wildman–Crippen MR) is 59.6 cm³/mol. The van der Waals surface area contributed by atoms with Crippen LogP contribution in [0.15, 0.2) is 22.0 Å². The van der Waals surface area contributed by atoms with Crippen LogP contribution in [0.5, 0.6) is 0 Å². The largest absolute Gasteiger partial charge is 0.298 e. The molecular formula is C10H7BrOS. The maximum absolute atomic E-state index is 10.7. The summed E-state index contributed by atoms with van der Waals surface area (Å²) in [4.78, 5) is 10.7. The molecule has 0 aliphatic rings. The van der Waals surface area contributed by atoms with Crippen LogP contribution in [0, 0.1) is 6.92 Å². The highest BCUT2D eigenvalue weighted by atomic mass is 79.9. The molecule has 2 rings (SSSR count). The summed E-state index contributed by atoms with van der Waals surface area (Å²) in [5.41, 5.74) is 1.93. The van der Waals surface area contributed by atoms with Crippen molar-refractivity contribution >= 4 is 43.6 Å². The van der Waals surface area contributed by atoms with Gasteiger partial charge in [0.15, 0.2) is 6.29 Å². The van der Waals surface area contributed by atoms with E-state index in [0.717, 1.165) is 32.0 Å². The van der Waals surface area contributed by atoms with Crippen molar-refractivity contribution in [3.63, 3.8) is 0 Å². The van der Waals surface area contributed by atoms with Gasteiger partial charge in [0.1, 0.15) is 0 Å². The highest BCUT2D eigenvalue weighted by Gasteiger charge is 2.08. The van der Waals surface area contributed by atoms with Crippen LogP contribution in [0.4, 0.5) is 0 Å². The number of carbonyl (C=O) groups excluding carboxylic acids is 1. The first-order chi connectivity index (χ1) is 6.24. The van der Waals surface area contributed by atoms with Crippen molar-refractivity contribution in [3.8, 4) is 0 Å². The molecule has 0 bridgehead atoms. The van der Waals surface area contributed by atoms with Crippen LogP contribution < -0.4 is 0 Å². The average Bonchev–Trinajstić information content (AvgIpc) is 2.55. The Morgan fingerprint density at radius 2 is 2.23 bits per heavy atom. The van der Waals surface area contributed by atoms with E-state index in [1.807, 2.05) is 18.4 Å². The van der Waals surface area contributed by atoms with Crippen LogP contribution in [0.3, 0.4) is 0 Å². The van der Waals surface area contributed by atoms with Crippen molar-refractivity contribution in [2.24, 2.45) is 0 Å². The van der Waals surface area contributed by atoms with Gasteiger partial charge in [0.2, 0.25) is 0 Å². The van der Waals surface area contributed by atoms with Crippen molar-refractivity contribution in [2.75, 3.05) is 0 Å². The van der Waals surface area contributed by atoms with Crippen molar-refractivity contribution in [1.29, 1.82) is 0 Å². The number of rotatable bonds is 1. The summed E-state index contributed by atoms with van der Waals surface area (Å²) in [5.74, 6) is 0. The Hall–Kier alpha value is -0.670. The van der Waals surface area contributed by atoms with Crippen LogP contribution >= 0.6 is 27.3 Å². The number of carbonyl (C=O) groups is 1. The van der Waals surface area contributed by atoms with E-state index in [9.17, 15) is 4.79 Å². The van der Waals surface area contributed by atoms with Gasteiger partial charge in [0, 0.05) is 25.5 Å². The lowest BCUT2D eigenvalue weighted by Crippen LogP contribution is -1.80. The first kappa shape index (κ1) is 8.91. The fourth-order valence-electron chi connectivity index (χ4n) is 1.30. The Bertz CT molecular complexity index is 473. The molecule has 0 amide bonds. The zero-order chi connectivity index (χ0) is 9.42. The summed E-state index contributed by atoms with van der Waals surface area (Å²) >= 11 is 5.10. The predicted octanol–water partition coefficient (Wildman–Crippen LogP) is 3.78. The van der Waals surface area contributed by atoms with Gasteiger partial charge in [-0.1, -0.05) is 6.07 Å². The minimum atomic E-state index is 0.774. The van der Waals surface area contributed by atoms with Crippen molar-refractivity contribution in [3.05, 3.63) is 33.1 Å². The van der Waals surface area contributed by atoms with E-state index in [0.29, 0.717) is 0 Å². The third-order valence-corrected chi connectivity index (χ3v) is 4.01. The zero-order valence-electron chi connectivity index (χ0n) is 7.00. The molecule has 1 aromatic heterocycles. The van der Waals surface area contributed by atoms with Crippen LogP contribution in [0.2, 0.25) is 0 Å². The molecule has 0 atom stereocenters. The summed E-state index contributed by atoms with van der Waals surface area (Å²) in [7, 11) is 0. The molecule has 0 aliphatic heterocycles. The molecule has 0 N–H and O–H groups in total. The number of aryl methyl sites for hydroxylation is 1. The first-order valence-corrected chi connectivity index (χ1v) is 5.53. The molecule has 0 fully saturated rings. The summed E-state index contributed by atoms with van der Waals surface area (Å²) < 4.78 is 2.19. The fourth-order valence-corrected chi connectivity index (χ4v) is 2.92. The highest BCUT2D eigenvalue weighted by molar-refractivity contribution is 9.10. The zero-order valence-corrected chi connectivity index (χ0v) is 9.41. The molecule has 0 saturated carbocycles. The Labute approximate surface area is 88.5 Å². The number of fused-ring (bicyclic) bond motifs is 1. The van der Waals surface area contributed by atoms with Gasteiger partial charge in [-0.05, 0) is 34.5 Å². The second-order valence-electron chi connectivity index (χ2n) is 2.88. The monoisotopic (exact) mass is 254 g/mol. The molecule has 0 spiro atoms. The lowest BCUT2D eigenvalue weighted by atomic mass is 10.1. The van der Waals surface area contributed by atoms with E-state index in [-0.39, 0.29) is 0 Å². The molecule has 1 heterocycles. The van der Waals surface area contributed by atoms with Gasteiger partial charge < -0.3 is 0 Å². The quantitative estimate of drug-likeness (QED) is 0.708. The van der Waals surface area contributed by atoms with Gasteiger partial charge in [0.25, 0.3) is 0 Å². The van der Waals surface area contributed by atoms with Gasteiger partial charge in [0.05, 0.1) is 0 Å². The van der Waals surface area contributed by atoms with Crippen LogP contribution in [-0.2, 0) is 0 Å². The van der Waals surface area contributed by atoms with Crippen molar-refractivity contribution in [1.82, 2.24) is 0 Å². The normalized spacial score (nSPS) is 10.6. The van der Waals surface area contributed by atoms with Gasteiger partial charge in [-0.25, -0.2) is 0 Å². The Kier molecular flexibility index (Phi) is 2.22. The molecular weight excluding hydrogens is 248 g/mol. The minimum absolute atomic E-state index is 0.774. The Morgan fingerprint density at radius 1 is 1.46 bits per heavy atom. The molecule has 0 aliphatic carbocycles. The Morgan fingerprint density at radius 3 is 2.92 bits per heavy atom. The third-order valence-electron chi connectivity index (χ3n) is 2.03. The van der Waals surface area contributed by atoms with Gasteiger partial charge in [-0.2, -0.15) is 0 Å². The summed E-state index contributed by atoms with van der Waals surface area (Å²) in [6.07, 6.45) is 0.906. The lowest BCUT2D eigenvalue weighted by molar-refractivity contribution is 0.112. The van der Waals surface area contributed by atoms with Gasteiger partial charge in [-0.3, -0.25) is 4.79 Å². The average molecular weight is 255 g/mol. The smallest absolute Gasteiger partial charge is 0.151 e. The van der Waals surface area contributed by atoms with Gasteiger partial charge >= 0.3 is 0 Å². The molecule has 13 heavy (non-hydrogen) atoms. The van der Waals surface area contributed by atoms with E-state index in [2.05, 4.69) is 22.0 Å². The second kappa shape index (κ2) is 3.24. The molecule has 0 unspecified atom stereocenters. The highest BCUT2D eigenvalue weighted by Crippen LogP contribution is 2.33. The number of benzene rings is 1. The molecule has 2 aromatic rings. The Balaban J connectivity index is 2.93. The summed E-state index contributed by atoms with van der Waals surface area (Å²) in [6, 6.07) is 4.10. The number of aldehydes is 1. The second-order valence-corrected chi connectivity index (χ2v) is 4.58. The maximum atomic E-state index is 10.7. The minimum Gasteiger partial charge on any atom is -0.298 e. The van der Waals surface area contributed by atoms with Crippen LogP contribution in [-0.4, -0.2) is 6.29 Å². The van der Waals surface area contributed by atoms with Crippen LogP contribution in [0.25, 0.3) is 10.1 Å². The van der Waals surface area contributed by atoms with Crippen molar-refractivity contribution < 1.29 is 4.79 Å². The number of hydrogen-bond acceptors (Lipinski definition) is 2. The lowest BCUT2D eigenvalue weighted by Gasteiger charge is -1.99. The fraction of sp³-hybridized carbons (Fsp3) is 0.100. The number of halogens is 1.